The number of rotatable bonds is 10. The van der Waals surface area contributed by atoms with Crippen LogP contribution in [0.1, 0.15) is 62.9 Å². The molecule has 1 aromatic heterocycles. The average Bonchev–Trinajstić information content (AvgIpc) is 2.49. The molecule has 0 aliphatic carbocycles. The van der Waals surface area contributed by atoms with E-state index in [9.17, 15) is 9.90 Å². The summed E-state index contributed by atoms with van der Waals surface area (Å²) < 4.78 is 10.1. The maximum atomic E-state index is 11.7. The summed E-state index contributed by atoms with van der Waals surface area (Å²) in [5.41, 5.74) is -0.635. The number of hydrogen-bond donors (Lipinski definition) is 3. The van der Waals surface area contributed by atoms with Crippen molar-refractivity contribution in [1.29, 1.82) is 0 Å². The lowest BCUT2D eigenvalue weighted by atomic mass is 10.0. The highest BCUT2D eigenvalue weighted by atomic mass is 16.5. The second-order valence-electron chi connectivity index (χ2n) is 5.50. The first-order valence-electron chi connectivity index (χ1n) is 7.67. The molecule has 6 nitrogen and oxygen atoms in total. The summed E-state index contributed by atoms with van der Waals surface area (Å²) in [7, 11) is 1.40. The van der Waals surface area contributed by atoms with Crippen LogP contribution in [0.15, 0.2) is 15.3 Å². The van der Waals surface area contributed by atoms with Crippen LogP contribution in [0.5, 0.6) is 5.75 Å². The van der Waals surface area contributed by atoms with E-state index in [1.165, 1.54) is 13.2 Å². The maximum absolute atomic E-state index is 11.7. The van der Waals surface area contributed by atoms with E-state index in [4.69, 9.17) is 19.4 Å². The van der Waals surface area contributed by atoms with Crippen LogP contribution < -0.4 is 10.4 Å². The SMILES string of the molecule is COc1cc(C(O)CCCCCCC(C)O)oc(=O)c1CO. The Morgan fingerprint density at radius 3 is 2.36 bits per heavy atom. The summed E-state index contributed by atoms with van der Waals surface area (Å²) in [6.45, 7) is 1.31. The summed E-state index contributed by atoms with van der Waals surface area (Å²) in [6.07, 6.45) is 3.84. The molecule has 0 aromatic carbocycles. The zero-order valence-corrected chi connectivity index (χ0v) is 13.2. The second kappa shape index (κ2) is 9.61. The molecule has 0 bridgehead atoms. The number of methoxy groups -OCH3 is 1. The lowest BCUT2D eigenvalue weighted by Crippen LogP contribution is -2.12. The van der Waals surface area contributed by atoms with Crippen molar-refractivity contribution in [3.8, 4) is 5.75 Å². The fourth-order valence-corrected chi connectivity index (χ4v) is 2.28. The van der Waals surface area contributed by atoms with Gasteiger partial charge >= 0.3 is 5.63 Å². The quantitative estimate of drug-likeness (QED) is 0.570. The molecule has 0 aliphatic rings. The molecule has 22 heavy (non-hydrogen) atoms. The zero-order chi connectivity index (χ0) is 16.5. The molecule has 1 heterocycles. The van der Waals surface area contributed by atoms with Crippen LogP contribution in [-0.4, -0.2) is 28.5 Å². The molecule has 2 atom stereocenters. The second-order valence-corrected chi connectivity index (χ2v) is 5.50. The highest BCUT2D eigenvalue weighted by Crippen LogP contribution is 2.24. The summed E-state index contributed by atoms with van der Waals surface area (Å²) >= 11 is 0. The highest BCUT2D eigenvalue weighted by Gasteiger charge is 2.17. The van der Waals surface area contributed by atoms with E-state index in [-0.39, 0.29) is 23.2 Å². The first-order chi connectivity index (χ1) is 10.5. The number of ether oxygens (including phenoxy) is 1. The van der Waals surface area contributed by atoms with Crippen LogP contribution >= 0.6 is 0 Å². The Labute approximate surface area is 130 Å². The van der Waals surface area contributed by atoms with Crippen LogP contribution in [0, 0.1) is 0 Å². The van der Waals surface area contributed by atoms with Crippen molar-refractivity contribution in [2.24, 2.45) is 0 Å². The van der Waals surface area contributed by atoms with Gasteiger partial charge in [0.1, 0.15) is 23.2 Å². The Bertz CT molecular complexity index is 494. The maximum Gasteiger partial charge on any atom is 0.345 e. The predicted octanol–water partition coefficient (Wildman–Crippen LogP) is 1.90. The molecule has 0 saturated carbocycles. The molecule has 0 amide bonds. The van der Waals surface area contributed by atoms with E-state index in [2.05, 4.69) is 0 Å². The van der Waals surface area contributed by atoms with Gasteiger partial charge in [0.05, 0.1) is 19.8 Å². The van der Waals surface area contributed by atoms with Crippen molar-refractivity contribution in [1.82, 2.24) is 0 Å². The van der Waals surface area contributed by atoms with Gasteiger partial charge < -0.3 is 24.5 Å². The molecule has 3 N–H and O–H groups in total. The summed E-state index contributed by atoms with van der Waals surface area (Å²) in [5.74, 6) is 0.382. The normalized spacial score (nSPS) is 13.9. The Hall–Kier alpha value is -1.37. The standard InChI is InChI=1S/C16H26O6/c1-11(18)7-5-3-4-6-8-13(19)15-9-14(21-2)12(10-17)16(20)22-15/h9,11,13,17-19H,3-8,10H2,1-2H3. The van der Waals surface area contributed by atoms with Crippen LogP contribution in [0.2, 0.25) is 0 Å². The first kappa shape index (κ1) is 18.7. The van der Waals surface area contributed by atoms with E-state index < -0.39 is 18.3 Å². The molecule has 0 radical (unpaired) electrons. The molecule has 2 unspecified atom stereocenters. The van der Waals surface area contributed by atoms with Crippen molar-refractivity contribution < 1.29 is 24.5 Å². The van der Waals surface area contributed by atoms with Crippen LogP contribution in [0.3, 0.4) is 0 Å². The Balaban J connectivity index is 2.50. The predicted molar refractivity (Wildman–Crippen MR) is 81.8 cm³/mol. The van der Waals surface area contributed by atoms with Gasteiger partial charge in [-0.25, -0.2) is 4.79 Å². The fourth-order valence-electron chi connectivity index (χ4n) is 2.28. The molecule has 6 heteroatoms. The van der Waals surface area contributed by atoms with E-state index in [1.807, 2.05) is 0 Å². The summed E-state index contributed by atoms with van der Waals surface area (Å²) in [5, 5.41) is 28.3. The molecular weight excluding hydrogens is 288 g/mol. The van der Waals surface area contributed by atoms with Gasteiger partial charge in [0.2, 0.25) is 0 Å². The zero-order valence-electron chi connectivity index (χ0n) is 13.2. The van der Waals surface area contributed by atoms with Crippen molar-refractivity contribution in [3.63, 3.8) is 0 Å². The number of aliphatic hydroxyl groups is 3. The highest BCUT2D eigenvalue weighted by molar-refractivity contribution is 5.31. The van der Waals surface area contributed by atoms with Gasteiger partial charge in [-0.1, -0.05) is 25.7 Å². The number of unbranched alkanes of at least 4 members (excludes halogenated alkanes) is 3. The Kier molecular flexibility index (Phi) is 8.16. The van der Waals surface area contributed by atoms with Crippen LogP contribution in [0.4, 0.5) is 0 Å². The third-order valence-corrected chi connectivity index (χ3v) is 3.58. The van der Waals surface area contributed by atoms with Crippen molar-refractivity contribution in [2.75, 3.05) is 7.11 Å². The third-order valence-electron chi connectivity index (χ3n) is 3.58. The third kappa shape index (κ3) is 5.79. The number of hydrogen-bond acceptors (Lipinski definition) is 6. The molecule has 1 aromatic rings. The minimum atomic E-state index is -0.869. The van der Waals surface area contributed by atoms with Crippen molar-refractivity contribution in [2.45, 2.75) is 64.3 Å². The van der Waals surface area contributed by atoms with E-state index in [0.29, 0.717) is 6.42 Å². The lowest BCUT2D eigenvalue weighted by molar-refractivity contribution is 0.129. The van der Waals surface area contributed by atoms with Crippen LogP contribution in [0.25, 0.3) is 0 Å². The Morgan fingerprint density at radius 1 is 1.18 bits per heavy atom. The summed E-state index contributed by atoms with van der Waals surface area (Å²) in [6, 6.07) is 1.45. The minimum Gasteiger partial charge on any atom is -0.496 e. The lowest BCUT2D eigenvalue weighted by Gasteiger charge is -2.12. The molecule has 0 aliphatic heterocycles. The van der Waals surface area contributed by atoms with Crippen LogP contribution in [-0.2, 0) is 6.61 Å². The first-order valence-corrected chi connectivity index (χ1v) is 7.67. The van der Waals surface area contributed by atoms with Gasteiger partial charge in [0.15, 0.2) is 0 Å². The molecular formula is C16H26O6. The van der Waals surface area contributed by atoms with Gasteiger partial charge in [-0.05, 0) is 19.8 Å². The Morgan fingerprint density at radius 2 is 1.82 bits per heavy atom. The smallest absolute Gasteiger partial charge is 0.345 e. The largest absolute Gasteiger partial charge is 0.496 e. The average molecular weight is 314 g/mol. The summed E-state index contributed by atoms with van der Waals surface area (Å²) in [4.78, 5) is 11.7. The van der Waals surface area contributed by atoms with Gasteiger partial charge in [0.25, 0.3) is 0 Å². The van der Waals surface area contributed by atoms with E-state index in [0.717, 1.165) is 32.1 Å². The van der Waals surface area contributed by atoms with Gasteiger partial charge in [-0.3, -0.25) is 0 Å². The number of aliphatic hydroxyl groups excluding tert-OH is 3. The topological polar surface area (TPSA) is 100 Å². The van der Waals surface area contributed by atoms with Crippen molar-refractivity contribution >= 4 is 0 Å². The van der Waals surface area contributed by atoms with Crippen molar-refractivity contribution in [3.05, 3.63) is 27.8 Å². The monoisotopic (exact) mass is 314 g/mol. The minimum absolute atomic E-state index is 0.0524. The van der Waals surface area contributed by atoms with Gasteiger partial charge in [0, 0.05) is 6.07 Å². The molecule has 1 rings (SSSR count). The van der Waals surface area contributed by atoms with E-state index >= 15 is 0 Å². The molecule has 0 spiro atoms. The van der Waals surface area contributed by atoms with Gasteiger partial charge in [-0.2, -0.15) is 0 Å². The molecule has 126 valence electrons. The molecule has 0 saturated heterocycles. The fraction of sp³-hybridized carbons (Fsp3) is 0.688. The van der Waals surface area contributed by atoms with Gasteiger partial charge in [-0.15, -0.1) is 0 Å². The molecule has 0 fully saturated rings. The van der Waals surface area contributed by atoms with E-state index in [1.54, 1.807) is 6.92 Å².